The third-order valence-corrected chi connectivity index (χ3v) is 4.54. The molecule has 1 N–H and O–H groups in total. The van der Waals surface area contributed by atoms with Crippen LogP contribution in [0.1, 0.15) is 51.5 Å². The summed E-state index contributed by atoms with van der Waals surface area (Å²) in [6.07, 6.45) is 1.61. The van der Waals surface area contributed by atoms with Gasteiger partial charge in [0.05, 0.1) is 6.61 Å². The van der Waals surface area contributed by atoms with E-state index in [0.717, 1.165) is 29.0 Å². The van der Waals surface area contributed by atoms with E-state index in [2.05, 4.69) is 19.2 Å². The Hall–Kier alpha value is -2.10. The normalized spacial score (nSPS) is 23.3. The van der Waals surface area contributed by atoms with Crippen molar-refractivity contribution in [1.82, 2.24) is 5.32 Å². The van der Waals surface area contributed by atoms with Crippen LogP contribution in [0, 0.1) is 5.41 Å². The van der Waals surface area contributed by atoms with Gasteiger partial charge in [-0.1, -0.05) is 26.0 Å². The van der Waals surface area contributed by atoms with Gasteiger partial charge in [0.2, 0.25) is 5.91 Å². The molecule has 2 aliphatic rings. The highest BCUT2D eigenvalue weighted by molar-refractivity contribution is 6.02. The van der Waals surface area contributed by atoms with Gasteiger partial charge >= 0.3 is 0 Å². The molecule has 1 heterocycles. The van der Waals surface area contributed by atoms with Crippen LogP contribution in [0.4, 0.5) is 0 Å². The molecule has 1 atom stereocenters. The molecule has 122 valence electrons. The van der Waals surface area contributed by atoms with Crippen LogP contribution in [0.25, 0.3) is 0 Å². The van der Waals surface area contributed by atoms with Gasteiger partial charge in [-0.05, 0) is 36.5 Å². The van der Waals surface area contributed by atoms with E-state index in [-0.39, 0.29) is 23.0 Å². The molecule has 0 spiro atoms. The van der Waals surface area contributed by atoms with Gasteiger partial charge in [-0.3, -0.25) is 9.59 Å². The quantitative estimate of drug-likeness (QED) is 0.931. The Morgan fingerprint density at radius 2 is 1.87 bits per heavy atom. The molecule has 0 bridgehead atoms. The SMILES string of the molecule is CCOc1ccc(C2CC(=O)NC3=C2C(=O)CC(C)(C)C3)cc1. The van der Waals surface area contributed by atoms with Gasteiger partial charge in [0, 0.05) is 30.0 Å². The number of ketones is 1. The highest BCUT2D eigenvalue weighted by atomic mass is 16.5. The van der Waals surface area contributed by atoms with Crippen molar-refractivity contribution in [3.05, 3.63) is 41.1 Å². The van der Waals surface area contributed by atoms with Gasteiger partial charge < -0.3 is 10.1 Å². The number of carbonyl (C=O) groups is 2. The average Bonchev–Trinajstić information content (AvgIpc) is 2.45. The number of benzene rings is 1. The van der Waals surface area contributed by atoms with Gasteiger partial charge in [-0.25, -0.2) is 0 Å². The van der Waals surface area contributed by atoms with E-state index in [9.17, 15) is 9.59 Å². The Morgan fingerprint density at radius 1 is 1.17 bits per heavy atom. The highest BCUT2D eigenvalue weighted by Gasteiger charge is 2.40. The predicted octanol–water partition coefficient (Wildman–Crippen LogP) is 3.33. The molecule has 1 aromatic carbocycles. The molecule has 1 aliphatic heterocycles. The summed E-state index contributed by atoms with van der Waals surface area (Å²) < 4.78 is 5.47. The van der Waals surface area contributed by atoms with Crippen LogP contribution >= 0.6 is 0 Å². The Kier molecular flexibility index (Phi) is 4.00. The molecule has 1 amide bonds. The number of hydrogen-bond acceptors (Lipinski definition) is 3. The van der Waals surface area contributed by atoms with Crippen molar-refractivity contribution in [3.63, 3.8) is 0 Å². The standard InChI is InChI=1S/C19H23NO3/c1-4-23-13-7-5-12(6-8-13)14-9-17(22)20-15-10-19(2,3)11-16(21)18(14)15/h5-8,14H,4,9-11H2,1-3H3,(H,20,22). The number of Topliss-reactive ketones (excluding diaryl/α,β-unsaturated/α-hetero) is 1. The lowest BCUT2D eigenvalue weighted by Gasteiger charge is -2.37. The fourth-order valence-electron chi connectivity index (χ4n) is 3.60. The smallest absolute Gasteiger partial charge is 0.225 e. The van der Waals surface area contributed by atoms with Crippen LogP contribution in [0.3, 0.4) is 0 Å². The molecule has 3 rings (SSSR count). The van der Waals surface area contributed by atoms with E-state index in [0.29, 0.717) is 19.4 Å². The molecule has 0 fully saturated rings. The second-order valence-electron chi connectivity index (χ2n) is 7.14. The largest absolute Gasteiger partial charge is 0.494 e. The minimum atomic E-state index is -0.141. The number of amides is 1. The zero-order valence-corrected chi connectivity index (χ0v) is 13.9. The lowest BCUT2D eigenvalue weighted by Crippen LogP contribution is -2.40. The van der Waals surface area contributed by atoms with Gasteiger partial charge in [0.1, 0.15) is 5.75 Å². The van der Waals surface area contributed by atoms with Crippen LogP contribution in [0.2, 0.25) is 0 Å². The molecule has 4 heteroatoms. The minimum Gasteiger partial charge on any atom is -0.494 e. The summed E-state index contributed by atoms with van der Waals surface area (Å²) in [5, 5.41) is 2.93. The van der Waals surface area contributed by atoms with Crippen LogP contribution in [0.5, 0.6) is 5.75 Å². The maximum absolute atomic E-state index is 12.7. The zero-order chi connectivity index (χ0) is 16.6. The summed E-state index contributed by atoms with van der Waals surface area (Å²) in [4.78, 5) is 24.8. The summed E-state index contributed by atoms with van der Waals surface area (Å²) >= 11 is 0. The topological polar surface area (TPSA) is 55.4 Å². The maximum atomic E-state index is 12.7. The molecule has 0 aromatic heterocycles. The summed E-state index contributed by atoms with van der Waals surface area (Å²) in [5.41, 5.74) is 2.53. The van der Waals surface area contributed by atoms with Crippen molar-refractivity contribution < 1.29 is 14.3 Å². The number of ether oxygens (including phenoxy) is 1. The Bertz CT molecular complexity index is 670. The van der Waals surface area contributed by atoms with Crippen LogP contribution in [-0.2, 0) is 9.59 Å². The second kappa shape index (κ2) is 5.84. The van der Waals surface area contributed by atoms with E-state index < -0.39 is 0 Å². The summed E-state index contributed by atoms with van der Waals surface area (Å²) in [6.45, 7) is 6.70. The molecule has 1 aliphatic carbocycles. The zero-order valence-electron chi connectivity index (χ0n) is 13.9. The van der Waals surface area contributed by atoms with Crippen LogP contribution in [0.15, 0.2) is 35.5 Å². The number of nitrogens with one attached hydrogen (secondary N) is 1. The summed E-state index contributed by atoms with van der Waals surface area (Å²) in [7, 11) is 0. The molecular weight excluding hydrogens is 290 g/mol. The van der Waals surface area contributed by atoms with Crippen molar-refractivity contribution >= 4 is 11.7 Å². The van der Waals surface area contributed by atoms with E-state index in [1.54, 1.807) is 0 Å². The molecule has 0 saturated carbocycles. The molecular formula is C19H23NO3. The molecule has 4 nitrogen and oxygen atoms in total. The first-order chi connectivity index (χ1) is 10.9. The van der Waals surface area contributed by atoms with Gasteiger partial charge in [-0.2, -0.15) is 0 Å². The molecule has 1 aromatic rings. The van der Waals surface area contributed by atoms with E-state index in [4.69, 9.17) is 4.74 Å². The minimum absolute atomic E-state index is 0.00636. The lowest BCUT2D eigenvalue weighted by atomic mass is 9.70. The van der Waals surface area contributed by atoms with Gasteiger partial charge in [0.25, 0.3) is 0 Å². The summed E-state index contributed by atoms with van der Waals surface area (Å²) in [6, 6.07) is 7.74. The fraction of sp³-hybridized carbons (Fsp3) is 0.474. The Morgan fingerprint density at radius 3 is 2.52 bits per heavy atom. The highest BCUT2D eigenvalue weighted by Crippen LogP contribution is 2.44. The Labute approximate surface area is 136 Å². The van der Waals surface area contributed by atoms with Crippen molar-refractivity contribution in [2.45, 2.75) is 46.0 Å². The number of rotatable bonds is 3. The number of allylic oxidation sites excluding steroid dienone is 2. The predicted molar refractivity (Wildman–Crippen MR) is 88.2 cm³/mol. The second-order valence-corrected chi connectivity index (χ2v) is 7.14. The molecule has 1 unspecified atom stereocenters. The number of hydrogen-bond donors (Lipinski definition) is 1. The molecule has 23 heavy (non-hydrogen) atoms. The molecule has 0 saturated heterocycles. The average molecular weight is 313 g/mol. The Balaban J connectivity index is 1.97. The van der Waals surface area contributed by atoms with Crippen molar-refractivity contribution in [1.29, 1.82) is 0 Å². The monoisotopic (exact) mass is 313 g/mol. The fourth-order valence-corrected chi connectivity index (χ4v) is 3.60. The van der Waals surface area contributed by atoms with Gasteiger partial charge in [0.15, 0.2) is 5.78 Å². The first-order valence-electron chi connectivity index (χ1n) is 8.18. The van der Waals surface area contributed by atoms with E-state index in [1.165, 1.54) is 0 Å². The summed E-state index contributed by atoms with van der Waals surface area (Å²) in [5.74, 6) is 0.822. The van der Waals surface area contributed by atoms with Crippen molar-refractivity contribution in [2.75, 3.05) is 6.61 Å². The first kappa shape index (κ1) is 15.8. The van der Waals surface area contributed by atoms with E-state index in [1.807, 2.05) is 31.2 Å². The molecule has 0 radical (unpaired) electrons. The van der Waals surface area contributed by atoms with Gasteiger partial charge in [-0.15, -0.1) is 0 Å². The van der Waals surface area contributed by atoms with Crippen LogP contribution < -0.4 is 10.1 Å². The number of carbonyl (C=O) groups excluding carboxylic acids is 2. The lowest BCUT2D eigenvalue weighted by molar-refractivity contribution is -0.122. The van der Waals surface area contributed by atoms with Crippen molar-refractivity contribution in [3.8, 4) is 5.75 Å². The van der Waals surface area contributed by atoms with E-state index >= 15 is 0 Å². The van der Waals surface area contributed by atoms with Crippen LogP contribution in [-0.4, -0.2) is 18.3 Å². The third-order valence-electron chi connectivity index (χ3n) is 4.54. The maximum Gasteiger partial charge on any atom is 0.225 e. The third kappa shape index (κ3) is 3.16. The first-order valence-corrected chi connectivity index (χ1v) is 8.18. The van der Waals surface area contributed by atoms with Crippen molar-refractivity contribution in [2.24, 2.45) is 5.41 Å².